The van der Waals surface area contributed by atoms with Crippen molar-refractivity contribution in [3.05, 3.63) is 59.7 Å². The number of rotatable bonds is 2. The average molecular weight is 394 g/mol. The van der Waals surface area contributed by atoms with Crippen LogP contribution in [0.2, 0.25) is 0 Å². The smallest absolute Gasteiger partial charge is 0.285 e. The van der Waals surface area contributed by atoms with Gasteiger partial charge >= 0.3 is 0 Å². The molecule has 1 atom stereocenters. The second-order valence-corrected chi connectivity index (χ2v) is 8.42. The Hall–Kier alpha value is -3.18. The van der Waals surface area contributed by atoms with Crippen molar-refractivity contribution in [2.75, 3.05) is 18.4 Å². The highest BCUT2D eigenvalue weighted by Gasteiger charge is 2.35. The fourth-order valence-electron chi connectivity index (χ4n) is 3.57. The summed E-state index contributed by atoms with van der Waals surface area (Å²) in [6.07, 6.45) is 1.49. The molecule has 2 aliphatic rings. The van der Waals surface area contributed by atoms with Gasteiger partial charge in [-0.3, -0.25) is 4.79 Å². The van der Waals surface area contributed by atoms with Gasteiger partial charge in [-0.1, -0.05) is 12.1 Å². The van der Waals surface area contributed by atoms with Crippen LogP contribution in [0.3, 0.4) is 0 Å². The maximum atomic E-state index is 12.7. The standard InChI is InChI=1S/C20H18N4O3S/c21-12-14-7-9-16(10-8-14)22-20(25)15-4-3-11-24(13-15)19-17-5-1-2-6-18(17)28(26,27)23-19/h1-2,5-10,15H,3-4,11,13H2,(H,22,25)/t15-/m1/s1. The molecule has 28 heavy (non-hydrogen) atoms. The van der Waals surface area contributed by atoms with Crippen molar-refractivity contribution < 1.29 is 13.2 Å². The molecule has 0 aliphatic carbocycles. The highest BCUT2D eigenvalue weighted by molar-refractivity contribution is 7.90. The van der Waals surface area contributed by atoms with Gasteiger partial charge in [0.15, 0.2) is 5.84 Å². The molecular formula is C20H18N4O3S. The lowest BCUT2D eigenvalue weighted by Gasteiger charge is -2.33. The Morgan fingerprint density at radius 3 is 2.68 bits per heavy atom. The topological polar surface area (TPSA) is 103 Å². The molecule has 8 heteroatoms. The van der Waals surface area contributed by atoms with Crippen LogP contribution in [-0.4, -0.2) is 38.2 Å². The van der Waals surface area contributed by atoms with E-state index in [4.69, 9.17) is 5.26 Å². The van der Waals surface area contributed by atoms with Gasteiger partial charge in [-0.05, 0) is 49.2 Å². The van der Waals surface area contributed by atoms with Crippen molar-refractivity contribution in [2.24, 2.45) is 10.3 Å². The van der Waals surface area contributed by atoms with E-state index in [0.717, 1.165) is 12.8 Å². The van der Waals surface area contributed by atoms with Gasteiger partial charge in [-0.15, -0.1) is 4.40 Å². The Labute approximate surface area is 163 Å². The van der Waals surface area contributed by atoms with E-state index in [1.54, 1.807) is 48.5 Å². The zero-order chi connectivity index (χ0) is 19.7. The first-order chi connectivity index (χ1) is 13.5. The van der Waals surface area contributed by atoms with E-state index in [-0.39, 0.29) is 16.7 Å². The minimum absolute atomic E-state index is 0.121. The second-order valence-electron chi connectivity index (χ2n) is 6.85. The van der Waals surface area contributed by atoms with E-state index in [2.05, 4.69) is 9.71 Å². The Morgan fingerprint density at radius 1 is 1.18 bits per heavy atom. The lowest BCUT2D eigenvalue weighted by atomic mass is 9.96. The number of nitriles is 1. The summed E-state index contributed by atoms with van der Waals surface area (Å²) in [4.78, 5) is 14.8. The third kappa shape index (κ3) is 3.37. The molecule has 2 aliphatic heterocycles. The number of fused-ring (bicyclic) bond motifs is 1. The minimum atomic E-state index is -3.68. The van der Waals surface area contributed by atoms with E-state index >= 15 is 0 Å². The fourth-order valence-corrected chi connectivity index (χ4v) is 4.80. The van der Waals surface area contributed by atoms with Crippen LogP contribution in [0.4, 0.5) is 5.69 Å². The molecule has 1 N–H and O–H groups in total. The molecule has 1 fully saturated rings. The SMILES string of the molecule is N#Cc1ccc(NC(=O)[C@@H]2CCCN(C3=NS(=O)(=O)c4ccccc43)C2)cc1. The number of hydrogen-bond acceptors (Lipinski definition) is 5. The molecule has 0 radical (unpaired) electrons. The number of anilines is 1. The number of benzene rings is 2. The Balaban J connectivity index is 1.50. The zero-order valence-electron chi connectivity index (χ0n) is 15.0. The van der Waals surface area contributed by atoms with Crippen LogP contribution in [0, 0.1) is 17.2 Å². The Morgan fingerprint density at radius 2 is 1.93 bits per heavy atom. The van der Waals surface area contributed by atoms with Gasteiger partial charge in [0.2, 0.25) is 5.91 Å². The maximum absolute atomic E-state index is 12.7. The second kappa shape index (κ2) is 7.09. The van der Waals surface area contributed by atoms with E-state index in [1.807, 2.05) is 11.0 Å². The average Bonchev–Trinajstić information content (AvgIpc) is 3.00. The first kappa shape index (κ1) is 18.2. The highest BCUT2D eigenvalue weighted by Crippen LogP contribution is 2.30. The molecule has 0 spiro atoms. The van der Waals surface area contributed by atoms with E-state index in [9.17, 15) is 13.2 Å². The molecule has 0 unspecified atom stereocenters. The highest BCUT2D eigenvalue weighted by atomic mass is 32.2. The van der Waals surface area contributed by atoms with E-state index in [1.165, 1.54) is 0 Å². The van der Waals surface area contributed by atoms with E-state index in [0.29, 0.717) is 35.7 Å². The summed E-state index contributed by atoms with van der Waals surface area (Å²) in [5, 5.41) is 11.7. The number of amides is 1. The quantitative estimate of drug-likeness (QED) is 0.842. The molecule has 2 aromatic rings. The van der Waals surface area contributed by atoms with Crippen molar-refractivity contribution in [3.63, 3.8) is 0 Å². The van der Waals surface area contributed by atoms with Crippen molar-refractivity contribution in [1.82, 2.24) is 4.90 Å². The molecule has 1 saturated heterocycles. The summed E-state index contributed by atoms with van der Waals surface area (Å²) >= 11 is 0. The Bertz CT molecular complexity index is 1100. The zero-order valence-corrected chi connectivity index (χ0v) is 15.8. The predicted octanol–water partition coefficient (Wildman–Crippen LogP) is 2.36. The molecule has 142 valence electrons. The minimum Gasteiger partial charge on any atom is -0.355 e. The number of sulfonamides is 1. The van der Waals surface area contributed by atoms with Crippen molar-refractivity contribution in [1.29, 1.82) is 5.26 Å². The number of amidine groups is 1. The van der Waals surface area contributed by atoms with Crippen LogP contribution >= 0.6 is 0 Å². The van der Waals surface area contributed by atoms with Crippen LogP contribution in [0.15, 0.2) is 57.8 Å². The molecule has 2 heterocycles. The molecular weight excluding hydrogens is 376 g/mol. The monoisotopic (exact) mass is 394 g/mol. The number of nitrogens with one attached hydrogen (secondary N) is 1. The van der Waals surface area contributed by atoms with Crippen molar-refractivity contribution in [2.45, 2.75) is 17.7 Å². The van der Waals surface area contributed by atoms with Gasteiger partial charge in [-0.2, -0.15) is 13.7 Å². The van der Waals surface area contributed by atoms with Crippen molar-refractivity contribution in [3.8, 4) is 6.07 Å². The van der Waals surface area contributed by atoms with Crippen LogP contribution < -0.4 is 5.32 Å². The third-order valence-electron chi connectivity index (χ3n) is 4.99. The largest absolute Gasteiger partial charge is 0.355 e. The van der Waals surface area contributed by atoms with Crippen LogP contribution in [0.1, 0.15) is 24.0 Å². The first-order valence-corrected chi connectivity index (χ1v) is 10.4. The molecule has 0 bridgehead atoms. The molecule has 2 aromatic carbocycles. The van der Waals surface area contributed by atoms with Gasteiger partial charge in [0.25, 0.3) is 10.0 Å². The lowest BCUT2D eigenvalue weighted by molar-refractivity contribution is -0.121. The number of likely N-dealkylation sites (tertiary alicyclic amines) is 1. The van der Waals surface area contributed by atoms with E-state index < -0.39 is 10.0 Å². The molecule has 7 nitrogen and oxygen atoms in total. The summed E-state index contributed by atoms with van der Waals surface area (Å²) in [5.41, 5.74) is 1.75. The number of carbonyl (C=O) groups excluding carboxylic acids is 1. The summed E-state index contributed by atoms with van der Waals surface area (Å²) in [6, 6.07) is 15.5. The number of hydrogen-bond donors (Lipinski definition) is 1. The summed E-state index contributed by atoms with van der Waals surface area (Å²) < 4.78 is 28.6. The summed E-state index contributed by atoms with van der Waals surface area (Å²) in [6.45, 7) is 1.06. The van der Waals surface area contributed by atoms with Gasteiger partial charge in [-0.25, -0.2) is 0 Å². The van der Waals surface area contributed by atoms with Crippen LogP contribution in [0.25, 0.3) is 0 Å². The first-order valence-electron chi connectivity index (χ1n) is 8.98. The molecule has 1 amide bonds. The lowest BCUT2D eigenvalue weighted by Crippen LogP contribution is -2.43. The molecule has 4 rings (SSSR count). The van der Waals surface area contributed by atoms with Gasteiger partial charge in [0.05, 0.1) is 17.6 Å². The third-order valence-corrected chi connectivity index (χ3v) is 6.31. The van der Waals surface area contributed by atoms with Gasteiger partial charge in [0.1, 0.15) is 4.90 Å². The molecule has 0 aromatic heterocycles. The normalized spacial score (nSPS) is 20.0. The summed E-state index contributed by atoms with van der Waals surface area (Å²) in [7, 11) is -3.68. The fraction of sp³-hybridized carbons (Fsp3) is 0.250. The van der Waals surface area contributed by atoms with Gasteiger partial charge in [0, 0.05) is 24.3 Å². The predicted molar refractivity (Wildman–Crippen MR) is 104 cm³/mol. The maximum Gasteiger partial charge on any atom is 0.285 e. The number of piperidine rings is 1. The summed E-state index contributed by atoms with van der Waals surface area (Å²) in [5.74, 6) is 0.0261. The van der Waals surface area contributed by atoms with Crippen molar-refractivity contribution >= 4 is 27.5 Å². The Kier molecular flexibility index (Phi) is 4.61. The van der Waals surface area contributed by atoms with Crippen LogP contribution in [-0.2, 0) is 14.8 Å². The van der Waals surface area contributed by atoms with Crippen LogP contribution in [0.5, 0.6) is 0 Å². The van der Waals surface area contributed by atoms with Gasteiger partial charge < -0.3 is 10.2 Å². The number of nitrogens with zero attached hydrogens (tertiary/aromatic N) is 3. The number of carbonyl (C=O) groups is 1. The molecule has 0 saturated carbocycles.